The Hall–Kier alpha value is -1.87. The number of benzene rings is 2. The fraction of sp³-hybridized carbons (Fsp3) is 0.278. The minimum atomic E-state index is -0.445. The van der Waals surface area contributed by atoms with Crippen LogP contribution in [-0.2, 0) is 17.6 Å². The summed E-state index contributed by atoms with van der Waals surface area (Å²) in [5, 5.41) is 3.23. The van der Waals surface area contributed by atoms with Crippen molar-refractivity contribution in [2.75, 3.05) is 0 Å². The molecule has 0 bridgehead atoms. The highest BCUT2D eigenvalue weighted by atomic mass is 35.5. The van der Waals surface area contributed by atoms with Gasteiger partial charge in [0, 0.05) is 11.1 Å². The van der Waals surface area contributed by atoms with Crippen molar-refractivity contribution in [3.8, 4) is 0 Å². The van der Waals surface area contributed by atoms with Crippen LogP contribution < -0.4 is 5.32 Å². The predicted molar refractivity (Wildman–Crippen MR) is 87.5 cm³/mol. The molecule has 1 atom stereocenters. The minimum Gasteiger partial charge on any atom is -0.353 e. The number of aryl methyl sites for hydroxylation is 1. The number of rotatable bonds is 6. The normalized spacial score (nSPS) is 12.0. The molecule has 1 N–H and O–H groups in total. The van der Waals surface area contributed by atoms with E-state index in [1.165, 1.54) is 11.6 Å². The van der Waals surface area contributed by atoms with Gasteiger partial charge in [-0.05, 0) is 43.0 Å². The quantitative estimate of drug-likeness (QED) is 0.851. The van der Waals surface area contributed by atoms with Gasteiger partial charge in [0.2, 0.25) is 5.91 Å². The van der Waals surface area contributed by atoms with E-state index in [2.05, 4.69) is 17.4 Å². The molecule has 22 heavy (non-hydrogen) atoms. The number of carbonyl (C=O) groups excluding carboxylic acids is 1. The molecule has 0 spiro atoms. The van der Waals surface area contributed by atoms with Gasteiger partial charge in [-0.15, -0.1) is 0 Å². The molecule has 1 amide bonds. The van der Waals surface area contributed by atoms with Crippen molar-refractivity contribution in [2.24, 2.45) is 0 Å². The van der Waals surface area contributed by atoms with Crippen molar-refractivity contribution >= 4 is 17.5 Å². The number of carbonyl (C=O) groups is 1. The van der Waals surface area contributed by atoms with Gasteiger partial charge in [0.05, 0.1) is 6.42 Å². The third-order valence-electron chi connectivity index (χ3n) is 3.48. The molecule has 0 aliphatic carbocycles. The van der Waals surface area contributed by atoms with Crippen molar-refractivity contribution in [3.63, 3.8) is 0 Å². The Morgan fingerprint density at radius 3 is 2.64 bits per heavy atom. The van der Waals surface area contributed by atoms with Gasteiger partial charge >= 0.3 is 0 Å². The molecule has 0 saturated heterocycles. The summed E-state index contributed by atoms with van der Waals surface area (Å²) in [5.74, 6) is -0.624. The van der Waals surface area contributed by atoms with Gasteiger partial charge in [-0.2, -0.15) is 0 Å². The van der Waals surface area contributed by atoms with Gasteiger partial charge in [-0.1, -0.05) is 48.0 Å². The maximum atomic E-state index is 13.7. The molecule has 0 fully saturated rings. The molecule has 0 heterocycles. The number of hydrogen-bond donors (Lipinski definition) is 1. The summed E-state index contributed by atoms with van der Waals surface area (Å²) in [6.07, 6.45) is 1.77. The highest BCUT2D eigenvalue weighted by Gasteiger charge is 2.11. The first-order chi connectivity index (χ1) is 10.5. The first kappa shape index (κ1) is 16.5. The molecule has 0 aliphatic rings. The van der Waals surface area contributed by atoms with Gasteiger partial charge in [-0.3, -0.25) is 4.79 Å². The lowest BCUT2D eigenvalue weighted by molar-refractivity contribution is -0.121. The molecule has 116 valence electrons. The molecule has 0 radical (unpaired) electrons. The number of amides is 1. The average molecular weight is 320 g/mol. The van der Waals surface area contributed by atoms with Crippen LogP contribution >= 0.6 is 11.6 Å². The standard InChI is InChI=1S/C18H19ClFNO/c1-13(7-8-14-5-3-2-4-6-14)21-18(22)11-15-9-10-16(19)12-17(15)20/h2-6,9-10,12-13H,7-8,11H2,1H3,(H,21,22). The second kappa shape index (κ2) is 7.95. The Morgan fingerprint density at radius 2 is 1.95 bits per heavy atom. The molecule has 2 rings (SSSR count). The fourth-order valence-electron chi connectivity index (χ4n) is 2.26. The average Bonchev–Trinajstić information content (AvgIpc) is 2.49. The summed E-state index contributed by atoms with van der Waals surface area (Å²) in [5.41, 5.74) is 1.60. The largest absolute Gasteiger partial charge is 0.353 e. The van der Waals surface area contributed by atoms with Crippen molar-refractivity contribution in [3.05, 3.63) is 70.5 Å². The summed E-state index contributed by atoms with van der Waals surface area (Å²) in [7, 11) is 0. The van der Waals surface area contributed by atoms with E-state index >= 15 is 0 Å². The van der Waals surface area contributed by atoms with Gasteiger partial charge in [0.1, 0.15) is 5.82 Å². The monoisotopic (exact) mass is 319 g/mol. The molecule has 2 nitrogen and oxygen atoms in total. The highest BCUT2D eigenvalue weighted by Crippen LogP contribution is 2.15. The second-order valence-corrected chi connectivity index (χ2v) is 5.84. The molecular formula is C18H19ClFNO. The molecule has 0 aromatic heterocycles. The number of halogens is 2. The summed E-state index contributed by atoms with van der Waals surface area (Å²) in [6.45, 7) is 1.96. The van der Waals surface area contributed by atoms with Gasteiger partial charge < -0.3 is 5.32 Å². The van der Waals surface area contributed by atoms with E-state index < -0.39 is 5.82 Å². The first-order valence-electron chi connectivity index (χ1n) is 7.32. The van der Waals surface area contributed by atoms with Crippen LogP contribution in [-0.4, -0.2) is 11.9 Å². The third-order valence-corrected chi connectivity index (χ3v) is 3.72. The van der Waals surface area contributed by atoms with Crippen LogP contribution in [0.25, 0.3) is 0 Å². The van der Waals surface area contributed by atoms with Crippen LogP contribution in [0, 0.1) is 5.82 Å². The topological polar surface area (TPSA) is 29.1 Å². The fourth-order valence-corrected chi connectivity index (χ4v) is 2.42. The van der Waals surface area contributed by atoms with Gasteiger partial charge in [0.25, 0.3) is 0 Å². The molecule has 1 unspecified atom stereocenters. The molecule has 4 heteroatoms. The van der Waals surface area contributed by atoms with Crippen LogP contribution in [0.1, 0.15) is 24.5 Å². The van der Waals surface area contributed by atoms with Gasteiger partial charge in [-0.25, -0.2) is 4.39 Å². The lowest BCUT2D eigenvalue weighted by Crippen LogP contribution is -2.34. The summed E-state index contributed by atoms with van der Waals surface area (Å²) in [6, 6.07) is 14.5. The Balaban J connectivity index is 1.81. The Bertz CT molecular complexity index is 630. The molecule has 2 aromatic carbocycles. The van der Waals surface area contributed by atoms with Crippen LogP contribution in [0.5, 0.6) is 0 Å². The van der Waals surface area contributed by atoms with Crippen molar-refractivity contribution in [1.29, 1.82) is 0 Å². The molecule has 0 aliphatic heterocycles. The Labute approximate surface area is 135 Å². The van der Waals surface area contributed by atoms with E-state index in [0.29, 0.717) is 10.6 Å². The van der Waals surface area contributed by atoms with Crippen LogP contribution in [0.4, 0.5) is 4.39 Å². The number of hydrogen-bond acceptors (Lipinski definition) is 1. The number of nitrogens with one attached hydrogen (secondary N) is 1. The molecular weight excluding hydrogens is 301 g/mol. The van der Waals surface area contributed by atoms with Crippen molar-refractivity contribution in [1.82, 2.24) is 5.32 Å². The van der Waals surface area contributed by atoms with Gasteiger partial charge in [0.15, 0.2) is 0 Å². The van der Waals surface area contributed by atoms with E-state index in [0.717, 1.165) is 12.8 Å². The van der Waals surface area contributed by atoms with E-state index in [9.17, 15) is 9.18 Å². The maximum Gasteiger partial charge on any atom is 0.224 e. The van der Waals surface area contributed by atoms with E-state index in [4.69, 9.17) is 11.6 Å². The van der Waals surface area contributed by atoms with Crippen molar-refractivity contribution < 1.29 is 9.18 Å². The maximum absolute atomic E-state index is 13.7. The Morgan fingerprint density at radius 1 is 1.23 bits per heavy atom. The molecule has 2 aromatic rings. The highest BCUT2D eigenvalue weighted by molar-refractivity contribution is 6.30. The lowest BCUT2D eigenvalue weighted by atomic mass is 10.1. The predicted octanol–water partition coefficient (Wildman–Crippen LogP) is 4.16. The zero-order valence-corrected chi connectivity index (χ0v) is 13.2. The van der Waals surface area contributed by atoms with Crippen LogP contribution in [0.2, 0.25) is 5.02 Å². The lowest BCUT2D eigenvalue weighted by Gasteiger charge is -2.14. The van der Waals surface area contributed by atoms with E-state index in [-0.39, 0.29) is 18.4 Å². The van der Waals surface area contributed by atoms with Crippen LogP contribution in [0.3, 0.4) is 0 Å². The third kappa shape index (κ3) is 5.15. The molecule has 0 saturated carbocycles. The Kier molecular flexibility index (Phi) is 5.96. The van der Waals surface area contributed by atoms with Crippen LogP contribution in [0.15, 0.2) is 48.5 Å². The first-order valence-corrected chi connectivity index (χ1v) is 7.69. The zero-order valence-electron chi connectivity index (χ0n) is 12.5. The zero-order chi connectivity index (χ0) is 15.9. The summed E-state index contributed by atoms with van der Waals surface area (Å²) >= 11 is 5.70. The van der Waals surface area contributed by atoms with Crippen molar-refractivity contribution in [2.45, 2.75) is 32.2 Å². The smallest absolute Gasteiger partial charge is 0.224 e. The summed E-state index contributed by atoms with van der Waals surface area (Å²) < 4.78 is 13.7. The SMILES string of the molecule is CC(CCc1ccccc1)NC(=O)Cc1ccc(Cl)cc1F. The minimum absolute atomic E-state index is 0.0265. The second-order valence-electron chi connectivity index (χ2n) is 5.41. The summed E-state index contributed by atoms with van der Waals surface area (Å²) in [4.78, 5) is 12.0. The van der Waals surface area contributed by atoms with E-state index in [1.54, 1.807) is 12.1 Å². The van der Waals surface area contributed by atoms with E-state index in [1.807, 2.05) is 25.1 Å².